The molecule has 6 heteroatoms. The lowest BCUT2D eigenvalue weighted by Gasteiger charge is -2.34. The van der Waals surface area contributed by atoms with Crippen molar-refractivity contribution in [1.82, 2.24) is 9.88 Å². The first kappa shape index (κ1) is 13.8. The largest absolute Gasteiger partial charge is 0.393 e. The van der Waals surface area contributed by atoms with Gasteiger partial charge in [0.25, 0.3) is 5.91 Å². The van der Waals surface area contributed by atoms with Crippen LogP contribution in [0.5, 0.6) is 0 Å². The molecule has 0 aromatic carbocycles. The van der Waals surface area contributed by atoms with E-state index in [-0.39, 0.29) is 23.1 Å². The summed E-state index contributed by atoms with van der Waals surface area (Å²) in [7, 11) is 0. The van der Waals surface area contributed by atoms with E-state index in [0.29, 0.717) is 25.1 Å². The van der Waals surface area contributed by atoms with Crippen molar-refractivity contribution in [3.63, 3.8) is 0 Å². The minimum atomic E-state index is -0.329. The Hall–Kier alpha value is -0.650. The number of carbonyl (C=O) groups excluding carboxylic acids is 1. The van der Waals surface area contributed by atoms with Crippen molar-refractivity contribution >= 4 is 33.4 Å². The van der Waals surface area contributed by atoms with Crippen LogP contribution in [0.15, 0.2) is 16.7 Å². The molecule has 1 aliphatic heterocycles. The van der Waals surface area contributed by atoms with E-state index in [2.05, 4.69) is 20.9 Å². The molecule has 1 aromatic rings. The third-order valence-corrected chi connectivity index (χ3v) is 3.92. The van der Waals surface area contributed by atoms with Gasteiger partial charge in [0.2, 0.25) is 0 Å². The maximum Gasteiger partial charge on any atom is 0.257 e. The van der Waals surface area contributed by atoms with Crippen molar-refractivity contribution in [2.75, 3.05) is 13.1 Å². The number of halogens is 2. The predicted molar refractivity (Wildman–Crippen MR) is 72.6 cm³/mol. The zero-order valence-corrected chi connectivity index (χ0v) is 12.3. The minimum Gasteiger partial charge on any atom is -0.393 e. The Labute approximate surface area is 119 Å². The summed E-state index contributed by atoms with van der Waals surface area (Å²) in [6.07, 6.45) is 1.83. The van der Waals surface area contributed by atoms with Crippen molar-refractivity contribution in [3.8, 4) is 0 Å². The molecule has 2 heterocycles. The Morgan fingerprint density at radius 1 is 1.67 bits per heavy atom. The van der Waals surface area contributed by atoms with Crippen LogP contribution in [0.2, 0.25) is 5.15 Å². The molecule has 1 aromatic heterocycles. The lowest BCUT2D eigenvalue weighted by Crippen LogP contribution is -2.45. The molecule has 98 valence electrons. The van der Waals surface area contributed by atoms with Crippen LogP contribution in [-0.4, -0.2) is 40.1 Å². The lowest BCUT2D eigenvalue weighted by molar-refractivity contribution is 0.0297. The molecule has 1 aliphatic rings. The third kappa shape index (κ3) is 2.84. The molecule has 0 radical (unpaired) electrons. The molecular weight excluding hydrogens is 320 g/mol. The number of carbonyl (C=O) groups is 1. The maximum atomic E-state index is 12.3. The Kier molecular flexibility index (Phi) is 4.25. The van der Waals surface area contributed by atoms with Gasteiger partial charge in [-0.3, -0.25) is 4.79 Å². The van der Waals surface area contributed by atoms with Crippen LogP contribution in [0.1, 0.15) is 23.7 Å². The molecule has 2 atom stereocenters. The highest BCUT2D eigenvalue weighted by Gasteiger charge is 2.28. The van der Waals surface area contributed by atoms with Crippen molar-refractivity contribution < 1.29 is 9.90 Å². The second-order valence-corrected chi connectivity index (χ2v) is 5.85. The van der Waals surface area contributed by atoms with Crippen LogP contribution < -0.4 is 0 Å². The van der Waals surface area contributed by atoms with Gasteiger partial charge in [0.05, 0.1) is 11.7 Å². The zero-order valence-electron chi connectivity index (χ0n) is 9.94. The quantitative estimate of drug-likeness (QED) is 0.803. The molecule has 0 bridgehead atoms. The highest BCUT2D eigenvalue weighted by atomic mass is 79.9. The fourth-order valence-corrected chi connectivity index (χ4v) is 2.58. The van der Waals surface area contributed by atoms with E-state index in [1.54, 1.807) is 17.2 Å². The summed E-state index contributed by atoms with van der Waals surface area (Å²) in [5.74, 6) is -0.0471. The third-order valence-electron chi connectivity index (χ3n) is 3.18. The zero-order chi connectivity index (χ0) is 13.3. The molecule has 0 aliphatic carbocycles. The van der Waals surface area contributed by atoms with E-state index in [0.717, 1.165) is 4.47 Å². The van der Waals surface area contributed by atoms with E-state index in [4.69, 9.17) is 11.6 Å². The van der Waals surface area contributed by atoms with Gasteiger partial charge in [0.15, 0.2) is 0 Å². The Morgan fingerprint density at radius 3 is 3.06 bits per heavy atom. The highest BCUT2D eigenvalue weighted by molar-refractivity contribution is 9.10. The molecule has 1 amide bonds. The fraction of sp³-hybridized carbons (Fsp3) is 0.500. The summed E-state index contributed by atoms with van der Waals surface area (Å²) in [6.45, 7) is 3.03. The van der Waals surface area contributed by atoms with E-state index >= 15 is 0 Å². The van der Waals surface area contributed by atoms with Crippen molar-refractivity contribution in [2.24, 2.45) is 5.92 Å². The number of hydrogen-bond donors (Lipinski definition) is 1. The molecule has 0 saturated carbocycles. The molecular formula is C12H14BrClN2O2. The Morgan fingerprint density at radius 2 is 2.39 bits per heavy atom. The number of aliphatic hydroxyl groups excluding tert-OH is 1. The van der Waals surface area contributed by atoms with Gasteiger partial charge in [-0.05, 0) is 34.3 Å². The summed E-state index contributed by atoms with van der Waals surface area (Å²) in [5.41, 5.74) is 0.398. The SMILES string of the molecule is CC1CN(C(=O)c2cc(Br)cnc2Cl)CCC1O. The van der Waals surface area contributed by atoms with Gasteiger partial charge in [-0.1, -0.05) is 18.5 Å². The lowest BCUT2D eigenvalue weighted by atomic mass is 9.96. The summed E-state index contributed by atoms with van der Waals surface area (Å²) >= 11 is 9.22. The smallest absolute Gasteiger partial charge is 0.257 e. The van der Waals surface area contributed by atoms with Crippen LogP contribution in [0.25, 0.3) is 0 Å². The maximum absolute atomic E-state index is 12.3. The Balaban J connectivity index is 2.19. The van der Waals surface area contributed by atoms with Gasteiger partial charge in [0.1, 0.15) is 5.15 Å². The van der Waals surface area contributed by atoms with Gasteiger partial charge >= 0.3 is 0 Å². The summed E-state index contributed by atoms with van der Waals surface area (Å²) in [6, 6.07) is 1.67. The topological polar surface area (TPSA) is 53.4 Å². The van der Waals surface area contributed by atoms with Crippen molar-refractivity contribution in [3.05, 3.63) is 27.5 Å². The molecule has 2 rings (SSSR count). The first-order valence-electron chi connectivity index (χ1n) is 5.77. The van der Waals surface area contributed by atoms with Crippen LogP contribution in [0, 0.1) is 5.92 Å². The molecule has 0 spiro atoms. The van der Waals surface area contributed by atoms with Crippen molar-refractivity contribution in [2.45, 2.75) is 19.4 Å². The second kappa shape index (κ2) is 5.55. The molecule has 1 saturated heterocycles. The average Bonchev–Trinajstić information content (AvgIpc) is 2.35. The number of aliphatic hydroxyl groups is 1. The molecule has 4 nitrogen and oxygen atoms in total. The summed E-state index contributed by atoms with van der Waals surface area (Å²) in [4.78, 5) is 18.0. The van der Waals surface area contributed by atoms with Crippen molar-refractivity contribution in [1.29, 1.82) is 0 Å². The first-order chi connectivity index (χ1) is 8.49. The van der Waals surface area contributed by atoms with Gasteiger partial charge in [0, 0.05) is 23.8 Å². The first-order valence-corrected chi connectivity index (χ1v) is 6.94. The molecule has 18 heavy (non-hydrogen) atoms. The highest BCUT2D eigenvalue weighted by Crippen LogP contribution is 2.23. The normalized spacial score (nSPS) is 24.1. The number of likely N-dealkylation sites (tertiary alicyclic amines) is 1. The number of piperidine rings is 1. The van der Waals surface area contributed by atoms with Gasteiger partial charge in [-0.2, -0.15) is 0 Å². The number of hydrogen-bond acceptors (Lipinski definition) is 3. The van der Waals surface area contributed by atoms with Gasteiger partial charge in [-0.25, -0.2) is 4.98 Å². The van der Waals surface area contributed by atoms with Crippen LogP contribution in [0.3, 0.4) is 0 Å². The van der Waals surface area contributed by atoms with Gasteiger partial charge < -0.3 is 10.0 Å². The minimum absolute atomic E-state index is 0.0848. The number of amides is 1. The molecule has 2 unspecified atom stereocenters. The van der Waals surface area contributed by atoms with Crippen LogP contribution >= 0.6 is 27.5 Å². The van der Waals surface area contributed by atoms with Crippen LogP contribution in [0.4, 0.5) is 0 Å². The Bertz CT molecular complexity index is 469. The number of rotatable bonds is 1. The summed E-state index contributed by atoms with van der Waals surface area (Å²) in [5, 5.41) is 9.87. The van der Waals surface area contributed by atoms with E-state index in [1.165, 1.54) is 0 Å². The van der Waals surface area contributed by atoms with Gasteiger partial charge in [-0.15, -0.1) is 0 Å². The molecule has 1 N–H and O–H groups in total. The standard InChI is InChI=1S/C12H14BrClN2O2/c1-7-6-16(3-2-10(7)17)12(18)9-4-8(13)5-15-11(9)14/h4-5,7,10,17H,2-3,6H2,1H3. The van der Waals surface area contributed by atoms with E-state index in [1.807, 2.05) is 6.92 Å². The van der Waals surface area contributed by atoms with Crippen LogP contribution in [-0.2, 0) is 0 Å². The van der Waals surface area contributed by atoms with E-state index in [9.17, 15) is 9.90 Å². The number of nitrogens with zero attached hydrogens (tertiary/aromatic N) is 2. The summed E-state index contributed by atoms with van der Waals surface area (Å²) < 4.78 is 0.723. The molecule has 1 fully saturated rings. The monoisotopic (exact) mass is 332 g/mol. The van der Waals surface area contributed by atoms with E-state index < -0.39 is 0 Å². The number of pyridine rings is 1. The average molecular weight is 334 g/mol. The number of aromatic nitrogens is 1. The fourth-order valence-electron chi connectivity index (χ4n) is 2.06. The predicted octanol–water partition coefficient (Wildman–Crippen LogP) is 2.34. The second-order valence-electron chi connectivity index (χ2n) is 4.58.